The molecule has 1 fully saturated rings. The van der Waals surface area contributed by atoms with Crippen LogP contribution in [0.2, 0.25) is 0 Å². The molecule has 0 saturated carbocycles. The Balaban J connectivity index is 1.93. The number of fused-ring (bicyclic) bond motifs is 1. The van der Waals surface area contributed by atoms with Gasteiger partial charge in [0.1, 0.15) is 5.52 Å². The number of thiazole rings is 1. The molecule has 2 heterocycles. The number of para-hydroxylation sites is 1. The van der Waals surface area contributed by atoms with Crippen LogP contribution in [-0.4, -0.2) is 18.1 Å². The zero-order valence-corrected chi connectivity index (χ0v) is 10.8. The van der Waals surface area contributed by atoms with Gasteiger partial charge >= 0.3 is 0 Å². The number of rotatable bonds is 1. The topological polar surface area (TPSA) is 42.2 Å². The van der Waals surface area contributed by atoms with E-state index in [4.69, 9.17) is 5.73 Å². The van der Waals surface area contributed by atoms with Crippen LogP contribution in [0, 0.1) is 5.92 Å². The van der Waals surface area contributed by atoms with Gasteiger partial charge in [-0.05, 0) is 30.9 Å². The van der Waals surface area contributed by atoms with Gasteiger partial charge in [-0.15, -0.1) is 0 Å². The molecule has 2 aromatic rings. The van der Waals surface area contributed by atoms with Crippen molar-refractivity contribution in [3.05, 3.63) is 18.2 Å². The first-order valence-electron chi connectivity index (χ1n) is 6.14. The van der Waals surface area contributed by atoms with E-state index in [1.54, 1.807) is 11.3 Å². The number of nitrogens with two attached hydrogens (primary N) is 1. The molecule has 0 amide bonds. The summed E-state index contributed by atoms with van der Waals surface area (Å²) in [7, 11) is 0. The first-order valence-corrected chi connectivity index (χ1v) is 6.95. The summed E-state index contributed by atoms with van der Waals surface area (Å²) in [5.41, 5.74) is 7.70. The van der Waals surface area contributed by atoms with Gasteiger partial charge < -0.3 is 10.6 Å². The second kappa shape index (κ2) is 4.18. The standard InChI is InChI=1S/C13H17N3S/c1-9-5-7-16(8-6-9)13-15-12-10(14)3-2-4-11(12)17-13/h2-4,9H,5-8,14H2,1H3. The van der Waals surface area contributed by atoms with Gasteiger partial charge in [0.25, 0.3) is 0 Å². The lowest BCUT2D eigenvalue weighted by Gasteiger charge is -2.29. The van der Waals surface area contributed by atoms with Crippen molar-refractivity contribution in [1.82, 2.24) is 4.98 Å². The summed E-state index contributed by atoms with van der Waals surface area (Å²) in [6.07, 6.45) is 2.54. The van der Waals surface area contributed by atoms with Crippen molar-refractivity contribution in [1.29, 1.82) is 0 Å². The number of aromatic nitrogens is 1. The lowest BCUT2D eigenvalue weighted by molar-refractivity contribution is 0.438. The number of benzene rings is 1. The van der Waals surface area contributed by atoms with Crippen molar-refractivity contribution >= 4 is 32.4 Å². The third-order valence-electron chi connectivity index (χ3n) is 3.49. The van der Waals surface area contributed by atoms with E-state index in [0.29, 0.717) is 0 Å². The summed E-state index contributed by atoms with van der Waals surface area (Å²) in [6.45, 7) is 4.58. The Hall–Kier alpha value is -1.29. The van der Waals surface area contributed by atoms with E-state index in [9.17, 15) is 0 Å². The highest BCUT2D eigenvalue weighted by Gasteiger charge is 2.19. The molecule has 1 aromatic carbocycles. The number of nitrogen functional groups attached to an aromatic ring is 1. The van der Waals surface area contributed by atoms with Crippen LogP contribution in [0.5, 0.6) is 0 Å². The Morgan fingerprint density at radius 2 is 2.12 bits per heavy atom. The minimum absolute atomic E-state index is 0.787. The Labute approximate surface area is 105 Å². The molecule has 3 nitrogen and oxygen atoms in total. The molecule has 1 aromatic heterocycles. The van der Waals surface area contributed by atoms with Crippen molar-refractivity contribution in [3.63, 3.8) is 0 Å². The maximum Gasteiger partial charge on any atom is 0.186 e. The summed E-state index contributed by atoms with van der Waals surface area (Å²) in [4.78, 5) is 7.07. The predicted octanol–water partition coefficient (Wildman–Crippen LogP) is 3.11. The monoisotopic (exact) mass is 247 g/mol. The Morgan fingerprint density at radius 1 is 1.35 bits per heavy atom. The summed E-state index contributed by atoms with van der Waals surface area (Å²) in [6, 6.07) is 6.02. The Bertz CT molecular complexity index is 526. The number of hydrogen-bond acceptors (Lipinski definition) is 4. The Kier molecular flexibility index (Phi) is 2.67. The average Bonchev–Trinajstić information content (AvgIpc) is 2.75. The molecule has 0 radical (unpaired) electrons. The summed E-state index contributed by atoms with van der Waals surface area (Å²) >= 11 is 1.75. The number of piperidine rings is 1. The zero-order valence-electron chi connectivity index (χ0n) is 10.0. The third-order valence-corrected chi connectivity index (χ3v) is 4.57. The van der Waals surface area contributed by atoms with Gasteiger partial charge in [-0.25, -0.2) is 4.98 Å². The fourth-order valence-corrected chi connectivity index (χ4v) is 3.35. The van der Waals surface area contributed by atoms with Crippen molar-refractivity contribution in [2.45, 2.75) is 19.8 Å². The summed E-state index contributed by atoms with van der Waals surface area (Å²) < 4.78 is 1.19. The van der Waals surface area contributed by atoms with Gasteiger partial charge in [0.2, 0.25) is 0 Å². The number of anilines is 2. The van der Waals surface area contributed by atoms with E-state index < -0.39 is 0 Å². The molecule has 0 unspecified atom stereocenters. The molecule has 3 rings (SSSR count). The van der Waals surface area contributed by atoms with Crippen LogP contribution < -0.4 is 10.6 Å². The quantitative estimate of drug-likeness (QED) is 0.787. The van der Waals surface area contributed by atoms with Crippen LogP contribution in [0.25, 0.3) is 10.2 Å². The molecule has 1 aliphatic rings. The van der Waals surface area contributed by atoms with Gasteiger partial charge in [-0.2, -0.15) is 0 Å². The number of nitrogens with zero attached hydrogens (tertiary/aromatic N) is 2. The van der Waals surface area contributed by atoms with E-state index >= 15 is 0 Å². The minimum atomic E-state index is 0.787. The van der Waals surface area contributed by atoms with Crippen molar-refractivity contribution in [2.24, 2.45) is 5.92 Å². The van der Waals surface area contributed by atoms with E-state index in [-0.39, 0.29) is 0 Å². The average molecular weight is 247 g/mol. The van der Waals surface area contributed by atoms with Gasteiger partial charge in [-0.1, -0.05) is 24.3 Å². The van der Waals surface area contributed by atoms with Crippen LogP contribution >= 0.6 is 11.3 Å². The lowest BCUT2D eigenvalue weighted by atomic mass is 10.00. The smallest absolute Gasteiger partial charge is 0.186 e. The first-order chi connectivity index (χ1) is 8.24. The van der Waals surface area contributed by atoms with E-state index in [2.05, 4.69) is 22.9 Å². The molecule has 4 heteroatoms. The zero-order chi connectivity index (χ0) is 11.8. The molecular weight excluding hydrogens is 230 g/mol. The van der Waals surface area contributed by atoms with Crippen LogP contribution in [-0.2, 0) is 0 Å². The second-order valence-corrected chi connectivity index (χ2v) is 5.87. The molecule has 1 saturated heterocycles. The van der Waals surface area contributed by atoms with Gasteiger partial charge in [0.05, 0.1) is 10.4 Å². The Morgan fingerprint density at radius 3 is 2.82 bits per heavy atom. The highest BCUT2D eigenvalue weighted by atomic mass is 32.1. The third kappa shape index (κ3) is 1.97. The normalized spacial score (nSPS) is 17.8. The highest BCUT2D eigenvalue weighted by Crippen LogP contribution is 2.33. The highest BCUT2D eigenvalue weighted by molar-refractivity contribution is 7.22. The minimum Gasteiger partial charge on any atom is -0.397 e. The van der Waals surface area contributed by atoms with Crippen molar-refractivity contribution < 1.29 is 0 Å². The van der Waals surface area contributed by atoms with Gasteiger partial charge in [0.15, 0.2) is 5.13 Å². The molecule has 0 aliphatic carbocycles. The lowest BCUT2D eigenvalue weighted by Crippen LogP contribution is -2.32. The van der Waals surface area contributed by atoms with Crippen LogP contribution in [0.1, 0.15) is 19.8 Å². The molecule has 0 bridgehead atoms. The van der Waals surface area contributed by atoms with E-state index in [0.717, 1.165) is 35.3 Å². The summed E-state index contributed by atoms with van der Waals surface area (Å²) in [5.74, 6) is 0.852. The van der Waals surface area contributed by atoms with Gasteiger partial charge in [0, 0.05) is 13.1 Å². The largest absolute Gasteiger partial charge is 0.397 e. The molecule has 2 N–H and O–H groups in total. The molecule has 1 aliphatic heterocycles. The van der Waals surface area contributed by atoms with Gasteiger partial charge in [-0.3, -0.25) is 0 Å². The van der Waals surface area contributed by atoms with Crippen molar-refractivity contribution in [3.8, 4) is 0 Å². The molecule has 90 valence electrons. The fraction of sp³-hybridized carbons (Fsp3) is 0.462. The summed E-state index contributed by atoms with van der Waals surface area (Å²) in [5, 5.41) is 1.13. The van der Waals surface area contributed by atoms with Crippen molar-refractivity contribution in [2.75, 3.05) is 23.7 Å². The number of hydrogen-bond donors (Lipinski definition) is 1. The maximum atomic E-state index is 5.95. The van der Waals surface area contributed by atoms with E-state index in [1.807, 2.05) is 12.1 Å². The second-order valence-electron chi connectivity index (χ2n) is 4.86. The predicted molar refractivity (Wildman–Crippen MR) is 74.6 cm³/mol. The van der Waals surface area contributed by atoms with Crippen LogP contribution in [0.4, 0.5) is 10.8 Å². The molecule has 17 heavy (non-hydrogen) atoms. The van der Waals surface area contributed by atoms with Crippen LogP contribution in [0.3, 0.4) is 0 Å². The van der Waals surface area contributed by atoms with Crippen LogP contribution in [0.15, 0.2) is 18.2 Å². The molecular formula is C13H17N3S. The van der Waals surface area contributed by atoms with E-state index in [1.165, 1.54) is 17.5 Å². The molecule has 0 spiro atoms. The fourth-order valence-electron chi connectivity index (χ4n) is 2.29. The molecule has 0 atom stereocenters. The SMILES string of the molecule is CC1CCN(c2nc3c(N)cccc3s2)CC1. The first kappa shape index (κ1) is 10.8. The maximum absolute atomic E-state index is 5.95.